The molecule has 3 amide bonds. The number of hydrogen-bond donors (Lipinski definition) is 2. The lowest BCUT2D eigenvalue weighted by Crippen LogP contribution is -2.55. The summed E-state index contributed by atoms with van der Waals surface area (Å²) in [5.41, 5.74) is 2.28. The molecular formula is C28H31F3N4O4. The summed E-state index contributed by atoms with van der Waals surface area (Å²) in [7, 11) is 0. The van der Waals surface area contributed by atoms with Gasteiger partial charge in [0.25, 0.3) is 5.91 Å². The van der Waals surface area contributed by atoms with Crippen molar-refractivity contribution in [1.29, 1.82) is 0 Å². The molecule has 0 saturated carbocycles. The predicted octanol–water partition coefficient (Wildman–Crippen LogP) is 3.01. The monoisotopic (exact) mass is 544 g/mol. The van der Waals surface area contributed by atoms with E-state index in [1.54, 1.807) is 23.1 Å². The van der Waals surface area contributed by atoms with Gasteiger partial charge in [-0.2, -0.15) is 13.2 Å². The molecule has 3 atom stereocenters. The Morgan fingerprint density at radius 2 is 1.85 bits per heavy atom. The van der Waals surface area contributed by atoms with E-state index in [0.717, 1.165) is 5.56 Å². The van der Waals surface area contributed by atoms with Gasteiger partial charge in [0, 0.05) is 44.2 Å². The summed E-state index contributed by atoms with van der Waals surface area (Å²) in [5.74, 6) is -0.578. The number of nitrogens with one attached hydrogen (secondary N) is 2. The van der Waals surface area contributed by atoms with Crippen LogP contribution in [0.1, 0.15) is 47.2 Å². The van der Waals surface area contributed by atoms with E-state index in [9.17, 15) is 27.6 Å². The largest absolute Gasteiger partial charge is 0.487 e. The maximum absolute atomic E-state index is 13.0. The summed E-state index contributed by atoms with van der Waals surface area (Å²) in [4.78, 5) is 40.1. The smallest absolute Gasteiger partial charge is 0.390 e. The zero-order valence-electron chi connectivity index (χ0n) is 21.4. The zero-order valence-corrected chi connectivity index (χ0v) is 21.4. The minimum Gasteiger partial charge on any atom is -0.487 e. The molecule has 0 spiro atoms. The molecule has 2 saturated heterocycles. The number of nitrogens with zero attached hydrogens (tertiary/aromatic N) is 2. The normalized spacial score (nSPS) is 24.0. The summed E-state index contributed by atoms with van der Waals surface area (Å²) in [6.07, 6.45) is -4.43. The Morgan fingerprint density at radius 1 is 1.05 bits per heavy atom. The first kappa shape index (κ1) is 27.1. The second-order valence-corrected chi connectivity index (χ2v) is 10.3. The van der Waals surface area contributed by atoms with Crippen molar-refractivity contribution in [1.82, 2.24) is 20.4 Å². The minimum atomic E-state index is -4.22. The zero-order chi connectivity index (χ0) is 27.6. The van der Waals surface area contributed by atoms with Crippen LogP contribution in [0.15, 0.2) is 48.5 Å². The van der Waals surface area contributed by atoms with Gasteiger partial charge in [0.05, 0.1) is 6.42 Å². The van der Waals surface area contributed by atoms with Gasteiger partial charge in [0.2, 0.25) is 11.8 Å². The van der Waals surface area contributed by atoms with Crippen molar-refractivity contribution in [3.05, 3.63) is 65.2 Å². The number of piperidine rings is 2. The van der Waals surface area contributed by atoms with Crippen LogP contribution in [0.4, 0.5) is 13.2 Å². The van der Waals surface area contributed by atoms with E-state index in [2.05, 4.69) is 10.6 Å². The van der Waals surface area contributed by atoms with Crippen LogP contribution in [-0.4, -0.2) is 71.5 Å². The van der Waals surface area contributed by atoms with Crippen molar-refractivity contribution in [2.45, 2.75) is 63.1 Å². The van der Waals surface area contributed by atoms with Crippen molar-refractivity contribution in [3.63, 3.8) is 0 Å². The van der Waals surface area contributed by atoms with Gasteiger partial charge in [-0.15, -0.1) is 0 Å². The van der Waals surface area contributed by atoms with Crippen LogP contribution in [0.2, 0.25) is 0 Å². The highest BCUT2D eigenvalue weighted by Gasteiger charge is 2.39. The number of imide groups is 1. The molecule has 11 heteroatoms. The fraction of sp³-hybridized carbons (Fsp3) is 0.464. The SMILES string of the molecule is O=C1CCC(N2Cc3cc(O[C@H]4CN(CCC(F)(F)F)CCC4NCc4ccccc4)ccc3C2=O)C(=O)N1. The van der Waals surface area contributed by atoms with Crippen LogP contribution in [0.5, 0.6) is 5.75 Å². The first-order valence-electron chi connectivity index (χ1n) is 13.2. The van der Waals surface area contributed by atoms with E-state index >= 15 is 0 Å². The van der Waals surface area contributed by atoms with Gasteiger partial charge in [-0.05, 0) is 48.7 Å². The highest BCUT2D eigenvalue weighted by atomic mass is 19.4. The number of benzene rings is 2. The Bertz CT molecular complexity index is 1220. The molecule has 3 aliphatic heterocycles. The van der Waals surface area contributed by atoms with E-state index in [0.29, 0.717) is 42.9 Å². The van der Waals surface area contributed by atoms with Gasteiger partial charge in [-0.3, -0.25) is 24.6 Å². The fourth-order valence-electron chi connectivity index (χ4n) is 5.47. The van der Waals surface area contributed by atoms with Crippen molar-refractivity contribution in [2.75, 3.05) is 19.6 Å². The molecule has 2 fully saturated rings. The maximum Gasteiger partial charge on any atom is 0.390 e. The van der Waals surface area contributed by atoms with E-state index < -0.39 is 30.7 Å². The van der Waals surface area contributed by atoms with Gasteiger partial charge >= 0.3 is 6.18 Å². The summed E-state index contributed by atoms with van der Waals surface area (Å²) >= 11 is 0. The molecular weight excluding hydrogens is 513 g/mol. The van der Waals surface area contributed by atoms with Crippen LogP contribution in [-0.2, 0) is 22.7 Å². The first-order chi connectivity index (χ1) is 18.7. The molecule has 0 radical (unpaired) electrons. The lowest BCUT2D eigenvalue weighted by Gasteiger charge is -2.39. The van der Waals surface area contributed by atoms with Gasteiger partial charge < -0.3 is 15.0 Å². The first-order valence-corrected chi connectivity index (χ1v) is 13.2. The Labute approximate surface area is 224 Å². The van der Waals surface area contributed by atoms with Crippen LogP contribution in [0, 0.1) is 0 Å². The van der Waals surface area contributed by atoms with E-state index in [1.165, 1.54) is 4.90 Å². The second kappa shape index (κ2) is 11.4. The van der Waals surface area contributed by atoms with Crippen LogP contribution in [0.3, 0.4) is 0 Å². The van der Waals surface area contributed by atoms with Crippen molar-refractivity contribution in [3.8, 4) is 5.75 Å². The summed E-state index contributed by atoms with van der Waals surface area (Å²) in [6.45, 7) is 1.60. The maximum atomic E-state index is 13.0. The molecule has 0 aromatic heterocycles. The third-order valence-corrected chi connectivity index (χ3v) is 7.55. The highest BCUT2D eigenvalue weighted by molar-refractivity contribution is 6.05. The van der Waals surface area contributed by atoms with Crippen molar-refractivity contribution >= 4 is 17.7 Å². The average molecular weight is 545 g/mol. The quantitative estimate of drug-likeness (QED) is 0.497. The number of halogens is 3. The molecule has 0 bridgehead atoms. The number of hydrogen-bond acceptors (Lipinski definition) is 6. The summed E-state index contributed by atoms with van der Waals surface area (Å²) < 4.78 is 44.9. The van der Waals surface area contributed by atoms with Crippen LogP contribution in [0.25, 0.3) is 0 Å². The average Bonchev–Trinajstić information content (AvgIpc) is 3.22. The number of carbonyl (C=O) groups is 3. The third kappa shape index (κ3) is 6.59. The number of alkyl halides is 3. The molecule has 3 heterocycles. The Morgan fingerprint density at radius 3 is 2.59 bits per heavy atom. The second-order valence-electron chi connectivity index (χ2n) is 10.3. The van der Waals surface area contributed by atoms with Gasteiger partial charge in [-0.25, -0.2) is 0 Å². The Hall–Kier alpha value is -3.44. The lowest BCUT2D eigenvalue weighted by atomic mass is 10.0. The van der Waals surface area contributed by atoms with Gasteiger partial charge in [0.1, 0.15) is 17.9 Å². The van der Waals surface area contributed by atoms with Crippen molar-refractivity contribution in [2.24, 2.45) is 0 Å². The van der Waals surface area contributed by atoms with Crippen LogP contribution < -0.4 is 15.4 Å². The number of amides is 3. The number of carbonyl (C=O) groups excluding carboxylic acids is 3. The molecule has 0 aliphatic carbocycles. The fourth-order valence-corrected chi connectivity index (χ4v) is 5.47. The molecule has 2 aromatic rings. The van der Waals surface area contributed by atoms with E-state index in [1.807, 2.05) is 30.3 Å². The van der Waals surface area contributed by atoms with E-state index in [-0.39, 0.29) is 43.8 Å². The van der Waals surface area contributed by atoms with Crippen molar-refractivity contribution < 1.29 is 32.3 Å². The number of rotatable bonds is 8. The standard InChI is InChI=1S/C28H31F3N4O4/c29-28(30,31)11-13-34-12-10-22(32-15-18-4-2-1-3-5-18)24(17-34)39-20-6-7-21-19(14-20)16-35(27(21)38)23-8-9-25(36)33-26(23)37/h1-7,14,22-24,32H,8-13,15-17H2,(H,33,36,37)/t22?,23?,24-/m0/s1. The molecule has 5 rings (SSSR count). The Balaban J connectivity index is 1.28. The summed E-state index contributed by atoms with van der Waals surface area (Å²) in [6, 6.07) is 14.2. The molecule has 3 aliphatic rings. The molecule has 208 valence electrons. The number of likely N-dealkylation sites (tertiary alicyclic amines) is 1. The molecule has 8 nitrogen and oxygen atoms in total. The molecule has 2 N–H and O–H groups in total. The third-order valence-electron chi connectivity index (χ3n) is 7.55. The lowest BCUT2D eigenvalue weighted by molar-refractivity contribution is -0.140. The minimum absolute atomic E-state index is 0.0813. The molecule has 2 unspecified atom stereocenters. The molecule has 39 heavy (non-hydrogen) atoms. The number of fused-ring (bicyclic) bond motifs is 1. The van der Waals surface area contributed by atoms with Gasteiger partial charge in [-0.1, -0.05) is 30.3 Å². The van der Waals surface area contributed by atoms with E-state index in [4.69, 9.17) is 4.74 Å². The Kier molecular flexibility index (Phi) is 7.90. The topological polar surface area (TPSA) is 91.0 Å². The van der Waals surface area contributed by atoms with Gasteiger partial charge in [0.15, 0.2) is 0 Å². The van der Waals surface area contributed by atoms with Crippen LogP contribution >= 0.6 is 0 Å². The summed E-state index contributed by atoms with van der Waals surface area (Å²) in [5, 5.41) is 5.80. The highest BCUT2D eigenvalue weighted by Crippen LogP contribution is 2.31. The number of ether oxygens (including phenoxy) is 1. The predicted molar refractivity (Wildman–Crippen MR) is 136 cm³/mol. The molecule has 2 aromatic carbocycles.